The summed E-state index contributed by atoms with van der Waals surface area (Å²) in [4.78, 5) is 13.4. The number of carbonyl (C=O) groups excluding carboxylic acids is 1. The summed E-state index contributed by atoms with van der Waals surface area (Å²) in [6.45, 7) is 4.30. The average Bonchev–Trinajstić information content (AvgIpc) is 2.30. The lowest BCUT2D eigenvalue weighted by molar-refractivity contribution is -0.135. The van der Waals surface area contributed by atoms with Gasteiger partial charge in [0.25, 0.3) is 0 Å². The van der Waals surface area contributed by atoms with Crippen molar-refractivity contribution < 1.29 is 9.53 Å². The van der Waals surface area contributed by atoms with E-state index < -0.39 is 0 Å². The van der Waals surface area contributed by atoms with Crippen LogP contribution in [-0.2, 0) is 9.53 Å². The molecule has 0 aromatic heterocycles. The number of likely N-dealkylation sites (tertiary alicyclic amines) is 1. The molecule has 0 spiro atoms. The summed E-state index contributed by atoms with van der Waals surface area (Å²) in [6, 6.07) is 0. The highest BCUT2D eigenvalue weighted by atomic mass is 16.5. The number of hydrogen-bond donors (Lipinski definition) is 0. The Bertz CT molecular complexity index is 170. The van der Waals surface area contributed by atoms with Crippen molar-refractivity contribution >= 4 is 5.91 Å². The first kappa shape index (κ1) is 10.5. The molecule has 0 saturated carbocycles. The molecule has 1 heterocycles. The molecule has 3 nitrogen and oxygen atoms in total. The zero-order valence-electron chi connectivity index (χ0n) is 8.58. The molecule has 0 aromatic carbocycles. The Labute approximate surface area is 80.1 Å². The van der Waals surface area contributed by atoms with Crippen LogP contribution in [0.5, 0.6) is 0 Å². The topological polar surface area (TPSA) is 29.5 Å². The van der Waals surface area contributed by atoms with Crippen molar-refractivity contribution in [1.29, 1.82) is 0 Å². The van der Waals surface area contributed by atoms with Gasteiger partial charge >= 0.3 is 0 Å². The van der Waals surface area contributed by atoms with Gasteiger partial charge in [0.2, 0.25) is 5.91 Å². The fourth-order valence-corrected chi connectivity index (χ4v) is 1.73. The van der Waals surface area contributed by atoms with E-state index in [0.717, 1.165) is 31.8 Å². The highest BCUT2D eigenvalue weighted by Gasteiger charge is 2.17. The third-order valence-electron chi connectivity index (χ3n) is 2.64. The lowest BCUT2D eigenvalue weighted by Crippen LogP contribution is -2.34. The molecule has 0 N–H and O–H groups in total. The number of ether oxygens (including phenoxy) is 1. The van der Waals surface area contributed by atoms with Gasteiger partial charge in [-0.15, -0.1) is 0 Å². The number of amides is 1. The Morgan fingerprint density at radius 1 is 1.46 bits per heavy atom. The largest absolute Gasteiger partial charge is 0.375 e. The van der Waals surface area contributed by atoms with Gasteiger partial charge in [0, 0.05) is 20.2 Å². The zero-order chi connectivity index (χ0) is 9.68. The summed E-state index contributed by atoms with van der Waals surface area (Å²) >= 11 is 0. The molecule has 1 amide bonds. The smallest absolute Gasteiger partial charge is 0.248 e. The lowest BCUT2D eigenvalue weighted by Gasteiger charge is -2.19. The van der Waals surface area contributed by atoms with Crippen molar-refractivity contribution in [3.05, 3.63) is 0 Å². The molecule has 1 aliphatic rings. The summed E-state index contributed by atoms with van der Waals surface area (Å²) in [5, 5.41) is 0. The first-order valence-electron chi connectivity index (χ1n) is 5.00. The van der Waals surface area contributed by atoms with E-state index in [2.05, 4.69) is 6.92 Å². The summed E-state index contributed by atoms with van der Waals surface area (Å²) < 4.78 is 4.83. The fourth-order valence-electron chi connectivity index (χ4n) is 1.73. The molecule has 1 saturated heterocycles. The van der Waals surface area contributed by atoms with Crippen molar-refractivity contribution in [1.82, 2.24) is 4.90 Å². The van der Waals surface area contributed by atoms with E-state index in [1.54, 1.807) is 7.11 Å². The number of nitrogens with zero attached hydrogens (tertiary/aromatic N) is 1. The van der Waals surface area contributed by atoms with Gasteiger partial charge in [0.1, 0.15) is 6.61 Å². The Morgan fingerprint density at radius 2 is 2.23 bits per heavy atom. The first-order valence-corrected chi connectivity index (χ1v) is 5.00. The molecule has 0 aliphatic carbocycles. The molecule has 0 aromatic rings. The predicted molar refractivity (Wildman–Crippen MR) is 51.5 cm³/mol. The lowest BCUT2D eigenvalue weighted by atomic mass is 10.0. The number of hydrogen-bond acceptors (Lipinski definition) is 2. The molecule has 1 atom stereocenters. The van der Waals surface area contributed by atoms with Crippen molar-refractivity contribution in [3.8, 4) is 0 Å². The maximum Gasteiger partial charge on any atom is 0.248 e. The quantitative estimate of drug-likeness (QED) is 0.648. The standard InChI is InChI=1S/C10H19NO2/c1-9-4-3-6-11(7-5-9)10(12)8-13-2/h9H,3-8H2,1-2H3. The fraction of sp³-hybridized carbons (Fsp3) is 0.900. The number of carbonyl (C=O) groups is 1. The van der Waals surface area contributed by atoms with Crippen LogP contribution in [0.25, 0.3) is 0 Å². The molecule has 0 bridgehead atoms. The first-order chi connectivity index (χ1) is 6.24. The maximum atomic E-state index is 11.5. The normalized spacial score (nSPS) is 24.2. The van der Waals surface area contributed by atoms with Crippen LogP contribution >= 0.6 is 0 Å². The van der Waals surface area contributed by atoms with Crippen LogP contribution in [0.15, 0.2) is 0 Å². The van der Waals surface area contributed by atoms with Crippen LogP contribution in [0.2, 0.25) is 0 Å². The van der Waals surface area contributed by atoms with Crippen LogP contribution in [0, 0.1) is 5.92 Å². The van der Waals surface area contributed by atoms with E-state index in [-0.39, 0.29) is 12.5 Å². The monoisotopic (exact) mass is 185 g/mol. The minimum absolute atomic E-state index is 0.136. The SMILES string of the molecule is COCC(=O)N1CCCC(C)CC1. The van der Waals surface area contributed by atoms with Crippen LogP contribution in [0.1, 0.15) is 26.2 Å². The van der Waals surface area contributed by atoms with E-state index in [4.69, 9.17) is 4.74 Å². The molecule has 3 heteroatoms. The van der Waals surface area contributed by atoms with Crippen LogP contribution in [0.4, 0.5) is 0 Å². The van der Waals surface area contributed by atoms with E-state index >= 15 is 0 Å². The predicted octanol–water partition coefficient (Wildman–Crippen LogP) is 1.28. The van der Waals surface area contributed by atoms with E-state index in [1.165, 1.54) is 6.42 Å². The Kier molecular flexibility index (Phi) is 4.22. The molecule has 1 rings (SSSR count). The summed E-state index contributed by atoms with van der Waals surface area (Å²) in [5.74, 6) is 0.900. The van der Waals surface area contributed by atoms with Gasteiger partial charge in [0.15, 0.2) is 0 Å². The third-order valence-corrected chi connectivity index (χ3v) is 2.64. The van der Waals surface area contributed by atoms with E-state index in [1.807, 2.05) is 4.90 Å². The van der Waals surface area contributed by atoms with Gasteiger partial charge in [-0.05, 0) is 25.2 Å². The van der Waals surface area contributed by atoms with Crippen LogP contribution in [0.3, 0.4) is 0 Å². The van der Waals surface area contributed by atoms with Gasteiger partial charge in [-0.25, -0.2) is 0 Å². The Morgan fingerprint density at radius 3 is 2.92 bits per heavy atom. The Balaban J connectivity index is 2.37. The van der Waals surface area contributed by atoms with Crippen molar-refractivity contribution in [2.45, 2.75) is 26.2 Å². The van der Waals surface area contributed by atoms with Crippen LogP contribution in [-0.4, -0.2) is 37.6 Å². The molecule has 1 fully saturated rings. The number of methoxy groups -OCH3 is 1. The minimum atomic E-state index is 0.136. The Hall–Kier alpha value is -0.570. The van der Waals surface area contributed by atoms with Crippen molar-refractivity contribution in [2.24, 2.45) is 5.92 Å². The second kappa shape index (κ2) is 5.22. The van der Waals surface area contributed by atoms with Gasteiger partial charge in [0.05, 0.1) is 0 Å². The third kappa shape index (κ3) is 3.35. The summed E-state index contributed by atoms with van der Waals surface area (Å²) in [6.07, 6.45) is 3.52. The maximum absolute atomic E-state index is 11.5. The molecular weight excluding hydrogens is 166 g/mol. The minimum Gasteiger partial charge on any atom is -0.375 e. The highest BCUT2D eigenvalue weighted by molar-refractivity contribution is 5.77. The zero-order valence-corrected chi connectivity index (χ0v) is 8.58. The summed E-state index contributed by atoms with van der Waals surface area (Å²) in [7, 11) is 1.57. The van der Waals surface area contributed by atoms with Gasteiger partial charge in [-0.3, -0.25) is 4.79 Å². The molecule has 0 radical (unpaired) electrons. The second-order valence-electron chi connectivity index (χ2n) is 3.85. The molecule has 76 valence electrons. The second-order valence-corrected chi connectivity index (χ2v) is 3.85. The molecular formula is C10H19NO2. The molecule has 1 unspecified atom stereocenters. The summed E-state index contributed by atoms with van der Waals surface area (Å²) in [5.41, 5.74) is 0. The van der Waals surface area contributed by atoms with Gasteiger partial charge in [-0.1, -0.05) is 6.92 Å². The van der Waals surface area contributed by atoms with E-state index in [0.29, 0.717) is 0 Å². The number of rotatable bonds is 2. The molecule has 1 aliphatic heterocycles. The highest BCUT2D eigenvalue weighted by Crippen LogP contribution is 2.16. The van der Waals surface area contributed by atoms with E-state index in [9.17, 15) is 4.79 Å². The molecule has 13 heavy (non-hydrogen) atoms. The van der Waals surface area contributed by atoms with Gasteiger partial charge in [-0.2, -0.15) is 0 Å². The van der Waals surface area contributed by atoms with Gasteiger partial charge < -0.3 is 9.64 Å². The van der Waals surface area contributed by atoms with Crippen molar-refractivity contribution in [3.63, 3.8) is 0 Å². The average molecular weight is 185 g/mol. The van der Waals surface area contributed by atoms with Crippen LogP contribution < -0.4 is 0 Å². The van der Waals surface area contributed by atoms with Crippen molar-refractivity contribution in [2.75, 3.05) is 26.8 Å².